The molecule has 1 saturated heterocycles. The minimum atomic E-state index is 0.462. The summed E-state index contributed by atoms with van der Waals surface area (Å²) in [5.74, 6) is 0. The van der Waals surface area contributed by atoms with Gasteiger partial charge in [0.2, 0.25) is 0 Å². The van der Waals surface area contributed by atoms with Crippen LogP contribution in [0.3, 0.4) is 0 Å². The van der Waals surface area contributed by atoms with E-state index in [0.29, 0.717) is 6.04 Å². The first-order valence-electron chi connectivity index (χ1n) is 8.86. The van der Waals surface area contributed by atoms with E-state index in [1.807, 2.05) is 23.1 Å². The Balaban J connectivity index is 1.49. The number of piperazine rings is 1. The van der Waals surface area contributed by atoms with Gasteiger partial charge in [0.15, 0.2) is 0 Å². The molecule has 0 N–H and O–H groups in total. The second-order valence-electron chi connectivity index (χ2n) is 6.76. The quantitative estimate of drug-likeness (QED) is 0.732. The molecule has 1 fully saturated rings. The molecule has 1 aliphatic rings. The van der Waals surface area contributed by atoms with Gasteiger partial charge in [-0.3, -0.25) is 9.80 Å². The van der Waals surface area contributed by atoms with E-state index in [0.717, 1.165) is 31.9 Å². The summed E-state index contributed by atoms with van der Waals surface area (Å²) in [6, 6.07) is 21.9. The third kappa shape index (κ3) is 3.65. The van der Waals surface area contributed by atoms with Gasteiger partial charge < -0.3 is 0 Å². The van der Waals surface area contributed by atoms with E-state index >= 15 is 0 Å². The maximum atomic E-state index is 4.33. The van der Waals surface area contributed by atoms with Crippen molar-refractivity contribution in [2.45, 2.75) is 12.6 Å². The molecule has 4 rings (SSSR count). The highest BCUT2D eigenvalue weighted by Crippen LogP contribution is 2.25. The van der Waals surface area contributed by atoms with Crippen LogP contribution in [0, 0.1) is 0 Å². The Kier molecular flexibility index (Phi) is 4.63. The molecule has 1 atom stereocenters. The molecule has 0 unspecified atom stereocenters. The van der Waals surface area contributed by atoms with Gasteiger partial charge in [0.1, 0.15) is 0 Å². The number of hydrogen-bond donors (Lipinski definition) is 0. The zero-order chi connectivity index (χ0) is 17.1. The number of benzene rings is 2. The lowest BCUT2D eigenvalue weighted by Gasteiger charge is -2.39. The van der Waals surface area contributed by atoms with E-state index in [-0.39, 0.29) is 0 Å². The van der Waals surface area contributed by atoms with E-state index in [1.54, 1.807) is 0 Å². The van der Waals surface area contributed by atoms with Crippen LogP contribution in [0.2, 0.25) is 0 Å². The first-order valence-corrected chi connectivity index (χ1v) is 8.86. The van der Waals surface area contributed by atoms with Crippen molar-refractivity contribution < 1.29 is 0 Å². The molecule has 0 radical (unpaired) electrons. The molecular formula is C21H24N4. The van der Waals surface area contributed by atoms with Crippen LogP contribution in [0.4, 0.5) is 0 Å². The molecule has 0 aliphatic carbocycles. The van der Waals surface area contributed by atoms with E-state index in [2.05, 4.69) is 76.5 Å². The molecule has 3 aromatic rings. The topological polar surface area (TPSA) is 24.3 Å². The van der Waals surface area contributed by atoms with Crippen LogP contribution in [-0.4, -0.2) is 46.3 Å². The SMILES string of the molecule is CN1CCN(Cc2cccc(-n3cccn3)c2)C[C@@H]1c1ccccc1. The lowest BCUT2D eigenvalue weighted by atomic mass is 10.0. The first-order chi connectivity index (χ1) is 12.3. The Morgan fingerprint density at radius 2 is 1.88 bits per heavy atom. The van der Waals surface area contributed by atoms with Gasteiger partial charge in [0, 0.05) is 44.6 Å². The van der Waals surface area contributed by atoms with Crippen molar-refractivity contribution in [2.75, 3.05) is 26.7 Å². The third-order valence-corrected chi connectivity index (χ3v) is 5.00. The summed E-state index contributed by atoms with van der Waals surface area (Å²) >= 11 is 0. The molecule has 0 amide bonds. The molecule has 0 saturated carbocycles. The molecule has 2 aromatic carbocycles. The Hall–Kier alpha value is -2.43. The first kappa shape index (κ1) is 16.1. The van der Waals surface area contributed by atoms with Gasteiger partial charge in [0.25, 0.3) is 0 Å². The average molecular weight is 332 g/mol. The van der Waals surface area contributed by atoms with Crippen molar-refractivity contribution in [3.63, 3.8) is 0 Å². The highest BCUT2D eigenvalue weighted by Gasteiger charge is 2.25. The van der Waals surface area contributed by atoms with Crippen LogP contribution in [0.1, 0.15) is 17.2 Å². The van der Waals surface area contributed by atoms with Crippen LogP contribution in [-0.2, 0) is 6.54 Å². The highest BCUT2D eigenvalue weighted by molar-refractivity contribution is 5.35. The number of likely N-dealkylation sites (N-methyl/N-ethyl adjacent to an activating group) is 1. The Bertz CT molecular complexity index is 798. The molecule has 0 bridgehead atoms. The largest absolute Gasteiger partial charge is 0.297 e. The molecule has 25 heavy (non-hydrogen) atoms. The van der Waals surface area contributed by atoms with E-state index < -0.39 is 0 Å². The molecule has 128 valence electrons. The maximum Gasteiger partial charge on any atom is 0.0648 e. The van der Waals surface area contributed by atoms with Crippen LogP contribution < -0.4 is 0 Å². The summed E-state index contributed by atoms with van der Waals surface area (Å²) < 4.78 is 1.92. The van der Waals surface area contributed by atoms with Gasteiger partial charge in [-0.2, -0.15) is 5.10 Å². The van der Waals surface area contributed by atoms with Gasteiger partial charge in [-0.25, -0.2) is 4.68 Å². The van der Waals surface area contributed by atoms with E-state index in [4.69, 9.17) is 0 Å². The summed E-state index contributed by atoms with van der Waals surface area (Å²) in [7, 11) is 2.23. The van der Waals surface area contributed by atoms with Crippen molar-refractivity contribution in [1.29, 1.82) is 0 Å². The second-order valence-corrected chi connectivity index (χ2v) is 6.76. The lowest BCUT2D eigenvalue weighted by molar-refractivity contribution is 0.0905. The molecule has 4 heteroatoms. The van der Waals surface area contributed by atoms with Gasteiger partial charge in [0.05, 0.1) is 5.69 Å². The van der Waals surface area contributed by atoms with Crippen molar-refractivity contribution in [2.24, 2.45) is 0 Å². The van der Waals surface area contributed by atoms with Crippen molar-refractivity contribution in [3.8, 4) is 5.69 Å². The second kappa shape index (κ2) is 7.21. The monoisotopic (exact) mass is 332 g/mol. The Labute approximate surface area is 149 Å². The summed E-state index contributed by atoms with van der Waals surface area (Å²) in [6.07, 6.45) is 3.80. The highest BCUT2D eigenvalue weighted by atomic mass is 15.3. The molecule has 1 aliphatic heterocycles. The zero-order valence-corrected chi connectivity index (χ0v) is 14.6. The van der Waals surface area contributed by atoms with E-state index in [9.17, 15) is 0 Å². The molecule has 4 nitrogen and oxygen atoms in total. The molecular weight excluding hydrogens is 308 g/mol. The van der Waals surface area contributed by atoms with Crippen LogP contribution in [0.15, 0.2) is 73.1 Å². The smallest absolute Gasteiger partial charge is 0.0648 e. The summed E-state index contributed by atoms with van der Waals surface area (Å²) in [5, 5.41) is 4.33. The van der Waals surface area contributed by atoms with Crippen LogP contribution in [0.25, 0.3) is 5.69 Å². The molecule has 0 spiro atoms. The minimum absolute atomic E-state index is 0.462. The summed E-state index contributed by atoms with van der Waals surface area (Å²) in [4.78, 5) is 5.02. The maximum absolute atomic E-state index is 4.33. The predicted octanol–water partition coefficient (Wildman–Crippen LogP) is 3.36. The molecule has 2 heterocycles. The van der Waals surface area contributed by atoms with E-state index in [1.165, 1.54) is 11.1 Å². The summed E-state index contributed by atoms with van der Waals surface area (Å²) in [6.45, 7) is 4.24. The fourth-order valence-corrected chi connectivity index (χ4v) is 3.59. The van der Waals surface area contributed by atoms with Crippen LogP contribution in [0.5, 0.6) is 0 Å². The standard InChI is InChI=1S/C21H24N4/c1-23-13-14-24(17-21(23)19-8-3-2-4-9-19)16-18-7-5-10-20(15-18)25-12-6-11-22-25/h2-12,15,21H,13-14,16-17H2,1H3/t21-/m1/s1. The average Bonchev–Trinajstić information content (AvgIpc) is 3.19. The summed E-state index contributed by atoms with van der Waals surface area (Å²) in [5.41, 5.74) is 3.86. The minimum Gasteiger partial charge on any atom is -0.297 e. The van der Waals surface area contributed by atoms with Gasteiger partial charge >= 0.3 is 0 Å². The van der Waals surface area contributed by atoms with Gasteiger partial charge in [-0.05, 0) is 36.4 Å². The van der Waals surface area contributed by atoms with Gasteiger partial charge in [-0.15, -0.1) is 0 Å². The fraction of sp³-hybridized carbons (Fsp3) is 0.286. The van der Waals surface area contributed by atoms with Crippen LogP contribution >= 0.6 is 0 Å². The number of rotatable bonds is 4. The lowest BCUT2D eigenvalue weighted by Crippen LogP contribution is -2.46. The zero-order valence-electron chi connectivity index (χ0n) is 14.6. The third-order valence-electron chi connectivity index (χ3n) is 5.00. The number of nitrogens with zero attached hydrogens (tertiary/aromatic N) is 4. The fourth-order valence-electron chi connectivity index (χ4n) is 3.59. The van der Waals surface area contributed by atoms with Crippen molar-refractivity contribution in [3.05, 3.63) is 84.2 Å². The Morgan fingerprint density at radius 1 is 1.00 bits per heavy atom. The normalized spacial score (nSPS) is 19.2. The Morgan fingerprint density at radius 3 is 2.68 bits per heavy atom. The van der Waals surface area contributed by atoms with Crippen molar-refractivity contribution in [1.82, 2.24) is 19.6 Å². The number of hydrogen-bond acceptors (Lipinski definition) is 3. The number of aromatic nitrogens is 2. The predicted molar refractivity (Wildman–Crippen MR) is 101 cm³/mol. The van der Waals surface area contributed by atoms with Crippen molar-refractivity contribution >= 4 is 0 Å². The van der Waals surface area contributed by atoms with Gasteiger partial charge in [-0.1, -0.05) is 42.5 Å². The molecule has 1 aromatic heterocycles.